The Morgan fingerprint density at radius 3 is 2.78 bits per heavy atom. The fraction of sp³-hybridized carbons (Fsp3) is 0.182. The Labute approximate surface area is 103 Å². The highest BCUT2D eigenvalue weighted by atomic mass is 16.6. The Morgan fingerprint density at radius 1 is 1.44 bits per heavy atom. The summed E-state index contributed by atoms with van der Waals surface area (Å²) in [5.41, 5.74) is 0.611. The molecule has 0 aliphatic carbocycles. The van der Waals surface area contributed by atoms with Crippen LogP contribution in [0, 0.1) is 10.1 Å². The van der Waals surface area contributed by atoms with E-state index < -0.39 is 4.92 Å². The molecule has 1 heterocycles. The zero-order valence-electron chi connectivity index (χ0n) is 9.95. The lowest BCUT2D eigenvalue weighted by Gasteiger charge is -2.06. The highest BCUT2D eigenvalue weighted by Crippen LogP contribution is 2.30. The van der Waals surface area contributed by atoms with E-state index in [0.29, 0.717) is 11.5 Å². The van der Waals surface area contributed by atoms with Crippen molar-refractivity contribution in [2.75, 3.05) is 12.4 Å². The van der Waals surface area contributed by atoms with Gasteiger partial charge < -0.3 is 10.1 Å². The van der Waals surface area contributed by atoms with E-state index in [1.54, 1.807) is 29.1 Å². The molecule has 1 aromatic heterocycles. The van der Waals surface area contributed by atoms with E-state index in [-0.39, 0.29) is 11.4 Å². The lowest BCUT2D eigenvalue weighted by Crippen LogP contribution is -1.97. The van der Waals surface area contributed by atoms with Gasteiger partial charge >= 0.3 is 5.69 Å². The van der Waals surface area contributed by atoms with Gasteiger partial charge in [0.25, 0.3) is 0 Å². The number of nitrogens with zero attached hydrogens (tertiary/aromatic N) is 3. The molecule has 2 aromatic rings. The van der Waals surface area contributed by atoms with Gasteiger partial charge in [0.2, 0.25) is 0 Å². The van der Waals surface area contributed by atoms with Crippen molar-refractivity contribution >= 4 is 17.2 Å². The predicted octanol–water partition coefficient (Wildman–Crippen LogP) is 2.08. The second-order valence-electron chi connectivity index (χ2n) is 3.64. The van der Waals surface area contributed by atoms with E-state index in [1.165, 1.54) is 13.2 Å². The van der Waals surface area contributed by atoms with Gasteiger partial charge in [-0.05, 0) is 6.07 Å². The lowest BCUT2D eigenvalue weighted by atomic mass is 10.2. The van der Waals surface area contributed by atoms with Crippen LogP contribution in [0.2, 0.25) is 0 Å². The van der Waals surface area contributed by atoms with Crippen molar-refractivity contribution in [3.63, 3.8) is 0 Å². The molecule has 18 heavy (non-hydrogen) atoms. The third kappa shape index (κ3) is 2.40. The first-order valence-electron chi connectivity index (χ1n) is 5.19. The van der Waals surface area contributed by atoms with Crippen LogP contribution in [0.3, 0.4) is 0 Å². The Kier molecular flexibility index (Phi) is 3.13. The van der Waals surface area contributed by atoms with Crippen molar-refractivity contribution in [2.45, 2.75) is 0 Å². The van der Waals surface area contributed by atoms with Crippen LogP contribution in [0.1, 0.15) is 0 Å². The molecule has 0 spiro atoms. The zero-order valence-corrected chi connectivity index (χ0v) is 9.95. The molecule has 7 nitrogen and oxygen atoms in total. The van der Waals surface area contributed by atoms with E-state index in [0.717, 1.165) is 0 Å². The number of aromatic nitrogens is 2. The minimum absolute atomic E-state index is 0.0657. The SMILES string of the molecule is COc1cc(Nc2ccn(C)n2)ccc1[N+](=O)[O-]. The summed E-state index contributed by atoms with van der Waals surface area (Å²) in [6.45, 7) is 0. The Morgan fingerprint density at radius 2 is 2.22 bits per heavy atom. The predicted molar refractivity (Wildman–Crippen MR) is 66.1 cm³/mol. The number of hydrogen-bond donors (Lipinski definition) is 1. The van der Waals surface area contributed by atoms with Crippen molar-refractivity contribution in [3.05, 3.63) is 40.6 Å². The van der Waals surface area contributed by atoms with Crippen LogP contribution in [-0.4, -0.2) is 21.8 Å². The van der Waals surface area contributed by atoms with E-state index in [1.807, 2.05) is 7.05 Å². The number of rotatable bonds is 4. The molecule has 7 heteroatoms. The topological polar surface area (TPSA) is 82.2 Å². The Hall–Kier alpha value is -2.57. The van der Waals surface area contributed by atoms with Crippen LogP contribution in [0.15, 0.2) is 30.5 Å². The van der Waals surface area contributed by atoms with E-state index in [4.69, 9.17) is 4.74 Å². The Bertz CT molecular complexity index is 579. The number of nitrogens with one attached hydrogen (secondary N) is 1. The normalized spacial score (nSPS) is 10.1. The Balaban J connectivity index is 2.27. The molecule has 0 saturated carbocycles. The van der Waals surface area contributed by atoms with Gasteiger partial charge in [-0.1, -0.05) is 0 Å². The van der Waals surface area contributed by atoms with Crippen LogP contribution in [0.4, 0.5) is 17.2 Å². The maximum Gasteiger partial charge on any atom is 0.311 e. The smallest absolute Gasteiger partial charge is 0.311 e. The van der Waals surface area contributed by atoms with E-state index in [2.05, 4.69) is 10.4 Å². The monoisotopic (exact) mass is 248 g/mol. The first-order chi connectivity index (χ1) is 8.60. The number of ether oxygens (including phenoxy) is 1. The highest BCUT2D eigenvalue weighted by Gasteiger charge is 2.14. The minimum atomic E-state index is -0.483. The molecular formula is C11H12N4O3. The van der Waals surface area contributed by atoms with Crippen LogP contribution >= 0.6 is 0 Å². The average Bonchev–Trinajstić information content (AvgIpc) is 2.74. The fourth-order valence-electron chi connectivity index (χ4n) is 1.54. The van der Waals surface area contributed by atoms with Gasteiger partial charge in [-0.25, -0.2) is 0 Å². The fourth-order valence-corrected chi connectivity index (χ4v) is 1.54. The molecule has 1 aromatic carbocycles. The number of hydrogen-bond acceptors (Lipinski definition) is 5. The third-order valence-corrected chi connectivity index (χ3v) is 2.36. The zero-order chi connectivity index (χ0) is 13.1. The molecule has 94 valence electrons. The van der Waals surface area contributed by atoms with Crippen molar-refractivity contribution in [2.24, 2.45) is 7.05 Å². The lowest BCUT2D eigenvalue weighted by molar-refractivity contribution is -0.385. The van der Waals surface area contributed by atoms with Crippen LogP contribution in [0.5, 0.6) is 5.75 Å². The summed E-state index contributed by atoms with van der Waals surface area (Å²) in [7, 11) is 3.20. The van der Waals surface area contributed by atoms with Crippen molar-refractivity contribution in [3.8, 4) is 5.75 Å². The molecule has 2 rings (SSSR count). The standard InChI is InChI=1S/C11H12N4O3/c1-14-6-5-11(13-14)12-8-3-4-9(15(16)17)10(7-8)18-2/h3-7H,1-2H3,(H,12,13). The van der Waals surface area contributed by atoms with Gasteiger partial charge in [0.1, 0.15) is 0 Å². The summed E-state index contributed by atoms with van der Waals surface area (Å²) in [4.78, 5) is 10.3. The number of nitro benzene ring substituents is 1. The number of anilines is 2. The molecule has 0 unspecified atom stereocenters. The van der Waals surface area contributed by atoms with Gasteiger partial charge in [-0.3, -0.25) is 14.8 Å². The summed E-state index contributed by atoms with van der Waals surface area (Å²) >= 11 is 0. The van der Waals surface area contributed by atoms with E-state index in [9.17, 15) is 10.1 Å². The summed E-state index contributed by atoms with van der Waals surface area (Å²) in [6, 6.07) is 6.36. The second kappa shape index (κ2) is 4.74. The maximum atomic E-state index is 10.7. The molecular weight excluding hydrogens is 236 g/mol. The summed E-state index contributed by atoms with van der Waals surface area (Å²) in [5.74, 6) is 0.870. The third-order valence-electron chi connectivity index (χ3n) is 2.36. The van der Waals surface area contributed by atoms with Crippen LogP contribution in [0.25, 0.3) is 0 Å². The van der Waals surface area contributed by atoms with Gasteiger partial charge in [0, 0.05) is 37.1 Å². The molecule has 0 bridgehead atoms. The van der Waals surface area contributed by atoms with Gasteiger partial charge in [0.05, 0.1) is 12.0 Å². The highest BCUT2D eigenvalue weighted by molar-refractivity contribution is 5.63. The van der Waals surface area contributed by atoms with E-state index >= 15 is 0 Å². The molecule has 0 saturated heterocycles. The molecule has 0 radical (unpaired) electrons. The first-order valence-corrected chi connectivity index (χ1v) is 5.19. The molecule has 0 atom stereocenters. The number of methoxy groups -OCH3 is 1. The second-order valence-corrected chi connectivity index (χ2v) is 3.64. The maximum absolute atomic E-state index is 10.7. The first kappa shape index (κ1) is 11.9. The molecule has 0 amide bonds. The quantitative estimate of drug-likeness (QED) is 0.661. The van der Waals surface area contributed by atoms with Crippen molar-refractivity contribution in [1.82, 2.24) is 9.78 Å². The molecule has 0 fully saturated rings. The molecule has 0 aliphatic heterocycles. The van der Waals surface area contributed by atoms with Crippen LogP contribution in [-0.2, 0) is 7.05 Å². The summed E-state index contributed by atoms with van der Waals surface area (Å²) in [5, 5.41) is 17.9. The minimum Gasteiger partial charge on any atom is -0.490 e. The van der Waals surface area contributed by atoms with Gasteiger partial charge in [0.15, 0.2) is 11.6 Å². The summed E-state index contributed by atoms with van der Waals surface area (Å²) in [6.07, 6.45) is 1.80. The average molecular weight is 248 g/mol. The van der Waals surface area contributed by atoms with Gasteiger partial charge in [-0.15, -0.1) is 0 Å². The van der Waals surface area contributed by atoms with Gasteiger partial charge in [-0.2, -0.15) is 5.10 Å². The van der Waals surface area contributed by atoms with Crippen molar-refractivity contribution < 1.29 is 9.66 Å². The summed E-state index contributed by atoms with van der Waals surface area (Å²) < 4.78 is 6.64. The molecule has 1 N–H and O–H groups in total. The number of benzene rings is 1. The largest absolute Gasteiger partial charge is 0.490 e. The molecule has 0 aliphatic rings. The van der Waals surface area contributed by atoms with Crippen molar-refractivity contribution in [1.29, 1.82) is 0 Å². The van der Waals surface area contributed by atoms with Crippen LogP contribution < -0.4 is 10.1 Å². The number of aryl methyl sites for hydroxylation is 1. The number of nitro groups is 1.